The number of nitrogens with two attached hydrogens (primary N) is 2. The zero-order chi connectivity index (χ0) is 14.7. The van der Waals surface area contributed by atoms with Crippen LogP contribution in [0, 0.1) is 5.82 Å². The molecule has 0 fully saturated rings. The van der Waals surface area contributed by atoms with E-state index in [1.165, 1.54) is 18.2 Å². The summed E-state index contributed by atoms with van der Waals surface area (Å²) in [6.45, 7) is 1.78. The monoisotopic (exact) mass is 273 g/mol. The van der Waals surface area contributed by atoms with Crippen LogP contribution in [0.3, 0.4) is 0 Å². The average Bonchev–Trinajstić information content (AvgIpc) is 2.38. The number of nitrogens with one attached hydrogen (secondary N) is 1. The van der Waals surface area contributed by atoms with E-state index in [4.69, 9.17) is 11.5 Å². The molecule has 0 aromatic heterocycles. The number of hydrogen-bond donors (Lipinski definition) is 3. The molecule has 104 valence electrons. The summed E-state index contributed by atoms with van der Waals surface area (Å²) in [7, 11) is 0. The summed E-state index contributed by atoms with van der Waals surface area (Å²) in [5, 5.41) is 2.77. The number of carbonyl (C=O) groups excluding carboxylic acids is 1. The number of anilines is 2. The van der Waals surface area contributed by atoms with E-state index in [2.05, 4.69) is 5.32 Å². The van der Waals surface area contributed by atoms with Gasteiger partial charge in [0.05, 0.1) is 11.6 Å². The van der Waals surface area contributed by atoms with Crippen molar-refractivity contribution in [2.45, 2.75) is 13.0 Å². The molecule has 0 aliphatic rings. The van der Waals surface area contributed by atoms with Crippen LogP contribution in [0.15, 0.2) is 42.5 Å². The van der Waals surface area contributed by atoms with Crippen molar-refractivity contribution in [1.82, 2.24) is 5.32 Å². The van der Waals surface area contributed by atoms with Crippen molar-refractivity contribution in [3.63, 3.8) is 0 Å². The van der Waals surface area contributed by atoms with Gasteiger partial charge in [0.25, 0.3) is 5.91 Å². The van der Waals surface area contributed by atoms with Gasteiger partial charge in [-0.1, -0.05) is 12.1 Å². The van der Waals surface area contributed by atoms with E-state index < -0.39 is 0 Å². The highest BCUT2D eigenvalue weighted by atomic mass is 19.1. The molecule has 0 bridgehead atoms. The highest BCUT2D eigenvalue weighted by Gasteiger charge is 2.14. The number of amides is 1. The molecular weight excluding hydrogens is 257 g/mol. The van der Waals surface area contributed by atoms with Crippen LogP contribution in [0.2, 0.25) is 0 Å². The Bertz CT molecular complexity index is 643. The molecule has 1 atom stereocenters. The first-order chi connectivity index (χ1) is 9.47. The first-order valence-corrected chi connectivity index (χ1v) is 6.18. The maximum absolute atomic E-state index is 13.1. The third-order valence-corrected chi connectivity index (χ3v) is 3.02. The van der Waals surface area contributed by atoms with Gasteiger partial charge in [0.15, 0.2) is 0 Å². The SMILES string of the molecule is CC(NC(=O)c1ccc(N)cc1N)c1cccc(F)c1. The van der Waals surface area contributed by atoms with Gasteiger partial charge in [-0.2, -0.15) is 0 Å². The third-order valence-electron chi connectivity index (χ3n) is 3.02. The minimum absolute atomic E-state index is 0.314. The van der Waals surface area contributed by atoms with Crippen molar-refractivity contribution in [2.75, 3.05) is 11.5 Å². The number of hydrogen-bond acceptors (Lipinski definition) is 3. The molecule has 2 aromatic rings. The van der Waals surface area contributed by atoms with Gasteiger partial charge < -0.3 is 16.8 Å². The molecule has 0 aliphatic heterocycles. The van der Waals surface area contributed by atoms with Crippen molar-refractivity contribution >= 4 is 17.3 Å². The maximum atomic E-state index is 13.1. The Morgan fingerprint density at radius 2 is 1.95 bits per heavy atom. The van der Waals surface area contributed by atoms with Gasteiger partial charge in [0, 0.05) is 11.4 Å². The van der Waals surface area contributed by atoms with Crippen molar-refractivity contribution in [2.24, 2.45) is 0 Å². The lowest BCUT2D eigenvalue weighted by Gasteiger charge is -2.15. The number of nitrogen functional groups attached to an aromatic ring is 2. The van der Waals surface area contributed by atoms with Crippen molar-refractivity contribution in [1.29, 1.82) is 0 Å². The molecule has 20 heavy (non-hydrogen) atoms. The second-order valence-electron chi connectivity index (χ2n) is 4.60. The van der Waals surface area contributed by atoms with Crippen LogP contribution in [0.4, 0.5) is 15.8 Å². The molecule has 2 aromatic carbocycles. The summed E-state index contributed by atoms with van der Waals surface area (Å²) in [6.07, 6.45) is 0. The fraction of sp³-hybridized carbons (Fsp3) is 0.133. The largest absolute Gasteiger partial charge is 0.399 e. The molecule has 1 amide bonds. The van der Waals surface area contributed by atoms with E-state index in [-0.39, 0.29) is 17.8 Å². The minimum atomic E-state index is -0.337. The summed E-state index contributed by atoms with van der Waals surface area (Å²) in [5.41, 5.74) is 13.2. The van der Waals surface area contributed by atoms with Crippen LogP contribution in [0.1, 0.15) is 28.9 Å². The Balaban J connectivity index is 2.15. The summed E-state index contributed by atoms with van der Waals surface area (Å²) in [5.74, 6) is -0.658. The number of benzene rings is 2. The van der Waals surface area contributed by atoms with Gasteiger partial charge >= 0.3 is 0 Å². The summed E-state index contributed by atoms with van der Waals surface area (Å²) < 4.78 is 13.1. The molecule has 0 spiro atoms. The molecule has 5 heteroatoms. The number of carbonyl (C=O) groups is 1. The van der Waals surface area contributed by atoms with Crippen LogP contribution in [-0.4, -0.2) is 5.91 Å². The fourth-order valence-electron chi connectivity index (χ4n) is 1.92. The van der Waals surface area contributed by atoms with Crippen molar-refractivity contribution < 1.29 is 9.18 Å². The van der Waals surface area contributed by atoms with E-state index in [1.807, 2.05) is 0 Å². The lowest BCUT2D eigenvalue weighted by atomic mass is 10.1. The Morgan fingerprint density at radius 3 is 2.60 bits per heavy atom. The van der Waals surface area contributed by atoms with Gasteiger partial charge in [-0.3, -0.25) is 4.79 Å². The second-order valence-corrected chi connectivity index (χ2v) is 4.60. The van der Waals surface area contributed by atoms with Crippen LogP contribution >= 0.6 is 0 Å². The standard InChI is InChI=1S/C15H16FN3O/c1-9(10-3-2-4-11(16)7-10)19-15(20)13-6-5-12(17)8-14(13)18/h2-9H,17-18H2,1H3,(H,19,20). The van der Waals surface area contributed by atoms with E-state index in [9.17, 15) is 9.18 Å². The third kappa shape index (κ3) is 3.06. The Hall–Kier alpha value is -2.56. The molecule has 4 nitrogen and oxygen atoms in total. The van der Waals surface area contributed by atoms with Crippen molar-refractivity contribution in [3.8, 4) is 0 Å². The Kier molecular flexibility index (Phi) is 3.89. The number of rotatable bonds is 3. The van der Waals surface area contributed by atoms with E-state index in [0.29, 0.717) is 22.5 Å². The zero-order valence-corrected chi connectivity index (χ0v) is 11.1. The predicted octanol–water partition coefficient (Wildman–Crippen LogP) is 2.48. The molecule has 5 N–H and O–H groups in total. The molecule has 0 radical (unpaired) electrons. The van der Waals surface area contributed by atoms with Crippen LogP contribution in [0.25, 0.3) is 0 Å². The molecular formula is C15H16FN3O. The topological polar surface area (TPSA) is 81.1 Å². The Morgan fingerprint density at radius 1 is 1.20 bits per heavy atom. The van der Waals surface area contributed by atoms with Gasteiger partial charge in [0.2, 0.25) is 0 Å². The molecule has 0 saturated carbocycles. The second kappa shape index (κ2) is 5.61. The first-order valence-electron chi connectivity index (χ1n) is 6.18. The summed E-state index contributed by atoms with van der Waals surface area (Å²) in [4.78, 5) is 12.1. The van der Waals surface area contributed by atoms with Gasteiger partial charge in [-0.05, 0) is 42.8 Å². The highest BCUT2D eigenvalue weighted by Crippen LogP contribution is 2.18. The smallest absolute Gasteiger partial charge is 0.253 e. The molecule has 1 unspecified atom stereocenters. The lowest BCUT2D eigenvalue weighted by Crippen LogP contribution is -2.27. The maximum Gasteiger partial charge on any atom is 0.253 e. The molecule has 0 saturated heterocycles. The van der Waals surface area contributed by atoms with E-state index in [1.54, 1.807) is 31.2 Å². The lowest BCUT2D eigenvalue weighted by molar-refractivity contribution is 0.0940. The molecule has 0 heterocycles. The van der Waals surface area contributed by atoms with Crippen LogP contribution in [0.5, 0.6) is 0 Å². The minimum Gasteiger partial charge on any atom is -0.399 e. The zero-order valence-electron chi connectivity index (χ0n) is 11.1. The quantitative estimate of drug-likeness (QED) is 0.751. The normalized spacial score (nSPS) is 11.9. The fourth-order valence-corrected chi connectivity index (χ4v) is 1.92. The van der Waals surface area contributed by atoms with Crippen LogP contribution in [-0.2, 0) is 0 Å². The predicted molar refractivity (Wildman–Crippen MR) is 77.5 cm³/mol. The average molecular weight is 273 g/mol. The molecule has 2 rings (SSSR count). The van der Waals surface area contributed by atoms with Gasteiger partial charge in [-0.15, -0.1) is 0 Å². The first kappa shape index (κ1) is 13.9. The van der Waals surface area contributed by atoms with Crippen molar-refractivity contribution in [3.05, 3.63) is 59.4 Å². The number of halogens is 1. The van der Waals surface area contributed by atoms with Crippen LogP contribution < -0.4 is 16.8 Å². The van der Waals surface area contributed by atoms with E-state index >= 15 is 0 Å². The highest BCUT2D eigenvalue weighted by molar-refractivity contribution is 5.99. The van der Waals surface area contributed by atoms with E-state index in [0.717, 1.165) is 0 Å². The summed E-state index contributed by atoms with van der Waals surface area (Å²) in [6, 6.07) is 10.5. The Labute approximate surface area is 116 Å². The molecule has 0 aliphatic carbocycles. The van der Waals surface area contributed by atoms with Gasteiger partial charge in [0.1, 0.15) is 5.82 Å². The van der Waals surface area contributed by atoms with Gasteiger partial charge in [-0.25, -0.2) is 4.39 Å². The summed E-state index contributed by atoms with van der Waals surface area (Å²) >= 11 is 0.